The minimum Gasteiger partial charge on any atom is -0.497 e. The first kappa shape index (κ1) is 19.3. The van der Waals surface area contributed by atoms with Crippen molar-refractivity contribution in [2.45, 2.75) is 12.1 Å². The molecule has 150 valence electrons. The lowest BCUT2D eigenvalue weighted by molar-refractivity contribution is 0.132. The number of rotatable bonds is 4. The third kappa shape index (κ3) is 4.20. The number of nitrogens with one attached hydrogen (secondary N) is 1. The molecule has 0 saturated carbocycles. The quantitative estimate of drug-likeness (QED) is 0.670. The summed E-state index contributed by atoms with van der Waals surface area (Å²) in [5.74, 6) is 7.49. The number of benzene rings is 2. The van der Waals surface area contributed by atoms with Gasteiger partial charge in [-0.05, 0) is 41.5 Å². The number of methoxy groups -OCH3 is 2. The summed E-state index contributed by atoms with van der Waals surface area (Å²) < 4.78 is 15.9. The number of aromatic nitrogens is 1. The molecule has 6 heteroatoms. The van der Waals surface area contributed by atoms with E-state index in [0.717, 1.165) is 22.3 Å². The van der Waals surface area contributed by atoms with Crippen LogP contribution >= 0.6 is 0 Å². The molecule has 1 amide bonds. The first-order valence-corrected chi connectivity index (χ1v) is 9.39. The first-order valence-electron chi connectivity index (χ1n) is 9.39. The van der Waals surface area contributed by atoms with Crippen molar-refractivity contribution < 1.29 is 19.0 Å². The number of ether oxygens (including phenoxy) is 3. The lowest BCUT2D eigenvalue weighted by Gasteiger charge is -2.18. The maximum Gasteiger partial charge on any atom is 0.408 e. The number of nitrogens with zero attached hydrogens (tertiary/aromatic N) is 1. The molecule has 0 spiro atoms. The van der Waals surface area contributed by atoms with E-state index in [1.807, 2.05) is 54.6 Å². The second-order valence-electron chi connectivity index (χ2n) is 6.69. The molecule has 1 N–H and O–H groups in total. The topological polar surface area (TPSA) is 69.7 Å². The van der Waals surface area contributed by atoms with Crippen molar-refractivity contribution in [3.63, 3.8) is 0 Å². The van der Waals surface area contributed by atoms with Gasteiger partial charge in [-0.3, -0.25) is 0 Å². The van der Waals surface area contributed by atoms with Crippen LogP contribution in [0.25, 0.3) is 0 Å². The molecule has 0 aliphatic carbocycles. The largest absolute Gasteiger partial charge is 0.497 e. The number of amides is 1. The van der Waals surface area contributed by atoms with E-state index < -0.39 is 12.2 Å². The highest BCUT2D eigenvalue weighted by molar-refractivity contribution is 5.71. The first-order chi connectivity index (χ1) is 14.7. The lowest BCUT2D eigenvalue weighted by atomic mass is 9.95. The average Bonchev–Trinajstić information content (AvgIpc) is 3.20. The van der Waals surface area contributed by atoms with Gasteiger partial charge < -0.3 is 19.5 Å². The van der Waals surface area contributed by atoms with E-state index in [1.165, 1.54) is 0 Å². The van der Waals surface area contributed by atoms with Crippen LogP contribution in [0, 0.1) is 11.8 Å². The van der Waals surface area contributed by atoms with E-state index in [2.05, 4.69) is 22.1 Å². The van der Waals surface area contributed by atoms with E-state index in [4.69, 9.17) is 14.2 Å². The number of hydrogen-bond acceptors (Lipinski definition) is 5. The third-order valence-electron chi connectivity index (χ3n) is 4.77. The molecule has 2 heterocycles. The highest BCUT2D eigenvalue weighted by atomic mass is 16.6. The molecule has 3 aromatic rings. The molecular formula is C24H20N2O4. The normalized spacial score (nSPS) is 17.3. The Bertz CT molecular complexity index is 1120. The van der Waals surface area contributed by atoms with Crippen LogP contribution in [-0.4, -0.2) is 25.3 Å². The van der Waals surface area contributed by atoms with Crippen LogP contribution in [0.4, 0.5) is 4.79 Å². The van der Waals surface area contributed by atoms with Crippen LogP contribution in [0.1, 0.15) is 34.4 Å². The summed E-state index contributed by atoms with van der Waals surface area (Å²) in [4.78, 5) is 16.2. The summed E-state index contributed by atoms with van der Waals surface area (Å²) in [6.07, 6.45) is 0.759. The fourth-order valence-electron chi connectivity index (χ4n) is 3.29. The van der Waals surface area contributed by atoms with Gasteiger partial charge in [0.25, 0.3) is 0 Å². The van der Waals surface area contributed by atoms with Crippen molar-refractivity contribution >= 4 is 6.09 Å². The van der Waals surface area contributed by atoms with Crippen molar-refractivity contribution in [1.29, 1.82) is 0 Å². The molecule has 2 atom stereocenters. The highest BCUT2D eigenvalue weighted by Gasteiger charge is 2.36. The summed E-state index contributed by atoms with van der Waals surface area (Å²) in [6.45, 7) is 0. The minimum atomic E-state index is -0.457. The van der Waals surface area contributed by atoms with E-state index in [0.29, 0.717) is 11.6 Å². The Kier molecular flexibility index (Phi) is 5.53. The summed E-state index contributed by atoms with van der Waals surface area (Å²) in [6, 6.07) is 18.6. The standard InChI is InChI=1S/C24H20N2O4/c1-28-20-8-4-7-19(14-20)23-22(26-24(27)30-23)18-6-3-5-16(13-18)9-10-17-11-12-21(29-2)25-15-17/h3-8,11-15,22-23H,1-2H3,(H,26,27). The second-order valence-corrected chi connectivity index (χ2v) is 6.69. The molecule has 4 rings (SSSR count). The van der Waals surface area contributed by atoms with Crippen LogP contribution in [0.2, 0.25) is 0 Å². The number of carbonyl (C=O) groups excluding carboxylic acids is 1. The van der Waals surface area contributed by atoms with Gasteiger partial charge in [-0.2, -0.15) is 0 Å². The summed E-state index contributed by atoms with van der Waals surface area (Å²) >= 11 is 0. The monoisotopic (exact) mass is 400 g/mol. The van der Waals surface area contributed by atoms with Crippen LogP contribution in [0.3, 0.4) is 0 Å². The molecule has 30 heavy (non-hydrogen) atoms. The smallest absolute Gasteiger partial charge is 0.408 e. The van der Waals surface area contributed by atoms with Crippen molar-refractivity contribution in [1.82, 2.24) is 10.3 Å². The number of alkyl carbamates (subject to hydrolysis) is 1. The fourth-order valence-corrected chi connectivity index (χ4v) is 3.29. The number of carbonyl (C=O) groups is 1. The summed E-state index contributed by atoms with van der Waals surface area (Å²) in [5.41, 5.74) is 3.38. The van der Waals surface area contributed by atoms with Crippen LogP contribution < -0.4 is 14.8 Å². The lowest BCUT2D eigenvalue weighted by Crippen LogP contribution is -2.19. The number of pyridine rings is 1. The molecule has 6 nitrogen and oxygen atoms in total. The molecule has 2 aromatic carbocycles. The molecule has 1 saturated heterocycles. The maximum absolute atomic E-state index is 12.0. The molecule has 0 radical (unpaired) electrons. The summed E-state index contributed by atoms with van der Waals surface area (Å²) in [5, 5.41) is 2.90. The molecule has 1 aliphatic rings. The van der Waals surface area contributed by atoms with Gasteiger partial charge in [-0.15, -0.1) is 0 Å². The van der Waals surface area contributed by atoms with E-state index >= 15 is 0 Å². The zero-order valence-electron chi connectivity index (χ0n) is 16.6. The molecule has 1 fully saturated rings. The van der Waals surface area contributed by atoms with E-state index in [9.17, 15) is 4.79 Å². The molecule has 2 unspecified atom stereocenters. The SMILES string of the molecule is COc1cccc(C2OC(=O)NC2c2cccc(C#Cc3ccc(OC)nc3)c2)c1. The van der Waals surface area contributed by atoms with Gasteiger partial charge >= 0.3 is 6.09 Å². The van der Waals surface area contributed by atoms with Gasteiger partial charge in [-0.25, -0.2) is 9.78 Å². The Morgan fingerprint density at radius 2 is 1.73 bits per heavy atom. The van der Waals surface area contributed by atoms with Crippen molar-refractivity contribution in [3.05, 3.63) is 89.1 Å². The van der Waals surface area contributed by atoms with Crippen molar-refractivity contribution in [2.24, 2.45) is 0 Å². The Morgan fingerprint density at radius 1 is 0.933 bits per heavy atom. The van der Waals surface area contributed by atoms with Crippen LogP contribution in [0.5, 0.6) is 11.6 Å². The zero-order chi connectivity index (χ0) is 20.9. The number of hydrogen-bond donors (Lipinski definition) is 1. The Balaban J connectivity index is 1.60. The molecule has 0 bridgehead atoms. The van der Waals surface area contributed by atoms with Crippen LogP contribution in [0.15, 0.2) is 66.9 Å². The summed E-state index contributed by atoms with van der Waals surface area (Å²) in [7, 11) is 3.18. The van der Waals surface area contributed by atoms with Gasteiger partial charge in [0.1, 0.15) is 5.75 Å². The van der Waals surface area contributed by atoms with Crippen molar-refractivity contribution in [3.8, 4) is 23.5 Å². The van der Waals surface area contributed by atoms with E-state index in [1.54, 1.807) is 26.5 Å². The zero-order valence-corrected chi connectivity index (χ0v) is 16.6. The van der Waals surface area contributed by atoms with Crippen LogP contribution in [-0.2, 0) is 4.74 Å². The highest BCUT2D eigenvalue weighted by Crippen LogP contribution is 2.37. The molecular weight excluding hydrogens is 380 g/mol. The molecule has 1 aliphatic heterocycles. The third-order valence-corrected chi connectivity index (χ3v) is 4.77. The predicted molar refractivity (Wildman–Crippen MR) is 111 cm³/mol. The molecule has 1 aromatic heterocycles. The number of cyclic esters (lactones) is 1. The predicted octanol–water partition coefficient (Wildman–Crippen LogP) is 4.02. The fraction of sp³-hybridized carbons (Fsp3) is 0.167. The van der Waals surface area contributed by atoms with Gasteiger partial charge in [0.05, 0.1) is 20.3 Å². The van der Waals surface area contributed by atoms with Gasteiger partial charge in [0.2, 0.25) is 5.88 Å². The van der Waals surface area contributed by atoms with E-state index in [-0.39, 0.29) is 6.04 Å². The Hall–Kier alpha value is -3.98. The minimum absolute atomic E-state index is 0.325. The van der Waals surface area contributed by atoms with Crippen molar-refractivity contribution in [2.75, 3.05) is 14.2 Å². The van der Waals surface area contributed by atoms with Gasteiger partial charge in [-0.1, -0.05) is 36.1 Å². The maximum atomic E-state index is 12.0. The second kappa shape index (κ2) is 8.58. The Labute approximate surface area is 174 Å². The Morgan fingerprint density at radius 3 is 2.50 bits per heavy atom. The van der Waals surface area contributed by atoms with Gasteiger partial charge in [0.15, 0.2) is 6.10 Å². The van der Waals surface area contributed by atoms with Gasteiger partial charge in [0, 0.05) is 23.4 Å². The average molecular weight is 400 g/mol.